The molecule has 5 heteroatoms. The second-order valence-electron chi connectivity index (χ2n) is 3.65. The second-order valence-corrected chi connectivity index (χ2v) is 3.65. The summed E-state index contributed by atoms with van der Waals surface area (Å²) in [6.07, 6.45) is 0.870. The zero-order chi connectivity index (χ0) is 11.0. The van der Waals surface area contributed by atoms with Gasteiger partial charge in [-0.1, -0.05) is 6.07 Å². The van der Waals surface area contributed by atoms with Gasteiger partial charge in [0.15, 0.2) is 0 Å². The topological polar surface area (TPSA) is 80.4 Å². The summed E-state index contributed by atoms with van der Waals surface area (Å²) in [6, 6.07) is 4.54. The number of fused-ring (bicyclic) bond motifs is 1. The molecule has 5 nitrogen and oxygen atoms in total. The van der Waals surface area contributed by atoms with E-state index >= 15 is 0 Å². The van der Waals surface area contributed by atoms with Gasteiger partial charge in [-0.05, 0) is 24.0 Å². The Balaban J connectivity index is 2.31. The molecule has 0 heterocycles. The number of nitrogens with zero attached hydrogens (tertiary/aromatic N) is 1. The van der Waals surface area contributed by atoms with E-state index in [-0.39, 0.29) is 5.69 Å². The molecule has 1 N–H and O–H groups in total. The molecular weight excluding hydrogens is 198 g/mol. The molecule has 0 saturated carbocycles. The van der Waals surface area contributed by atoms with Crippen LogP contribution in [0.3, 0.4) is 0 Å². The van der Waals surface area contributed by atoms with Crippen molar-refractivity contribution < 1.29 is 14.8 Å². The SMILES string of the molecule is O=C(O)[C@@H]1Cc2ccc([N+](=O)[O-])cc2C1. The fourth-order valence-electron chi connectivity index (χ4n) is 1.89. The van der Waals surface area contributed by atoms with Crippen LogP contribution in [0.4, 0.5) is 5.69 Å². The Kier molecular flexibility index (Phi) is 2.15. The van der Waals surface area contributed by atoms with Crippen LogP contribution in [0.2, 0.25) is 0 Å². The van der Waals surface area contributed by atoms with Crippen LogP contribution in [0.5, 0.6) is 0 Å². The summed E-state index contributed by atoms with van der Waals surface area (Å²) < 4.78 is 0. The van der Waals surface area contributed by atoms with Crippen LogP contribution < -0.4 is 0 Å². The first kappa shape index (κ1) is 9.64. The molecule has 78 valence electrons. The van der Waals surface area contributed by atoms with Crippen molar-refractivity contribution in [2.45, 2.75) is 12.8 Å². The zero-order valence-corrected chi connectivity index (χ0v) is 7.84. The van der Waals surface area contributed by atoms with Crippen LogP contribution in [0.1, 0.15) is 11.1 Å². The molecule has 2 rings (SSSR count). The van der Waals surface area contributed by atoms with Gasteiger partial charge in [-0.15, -0.1) is 0 Å². The number of rotatable bonds is 2. The van der Waals surface area contributed by atoms with E-state index in [0.717, 1.165) is 11.1 Å². The molecule has 1 aliphatic rings. The number of aliphatic carboxylic acids is 1. The number of nitro benzene ring substituents is 1. The molecule has 1 aliphatic carbocycles. The zero-order valence-electron chi connectivity index (χ0n) is 7.84. The van der Waals surface area contributed by atoms with Gasteiger partial charge in [-0.3, -0.25) is 14.9 Å². The van der Waals surface area contributed by atoms with Crippen LogP contribution in [-0.4, -0.2) is 16.0 Å². The largest absolute Gasteiger partial charge is 0.481 e. The predicted molar refractivity (Wildman–Crippen MR) is 51.6 cm³/mol. The predicted octanol–water partition coefficient (Wildman–Crippen LogP) is 1.39. The second kappa shape index (κ2) is 3.34. The van der Waals surface area contributed by atoms with Crippen molar-refractivity contribution >= 4 is 11.7 Å². The lowest BCUT2D eigenvalue weighted by Gasteiger charge is -1.98. The Morgan fingerprint density at radius 3 is 2.67 bits per heavy atom. The van der Waals surface area contributed by atoms with Crippen LogP contribution in [0, 0.1) is 16.0 Å². The molecule has 1 aromatic rings. The normalized spacial score (nSPS) is 18.5. The summed E-state index contributed by atoms with van der Waals surface area (Å²) in [5, 5.41) is 19.3. The smallest absolute Gasteiger partial charge is 0.307 e. The van der Waals surface area contributed by atoms with Gasteiger partial charge in [0.05, 0.1) is 10.8 Å². The average molecular weight is 207 g/mol. The van der Waals surface area contributed by atoms with Gasteiger partial charge in [0.2, 0.25) is 0 Å². The molecule has 0 fully saturated rings. The Labute approximate surface area is 85.5 Å². The number of carbonyl (C=O) groups is 1. The lowest BCUT2D eigenvalue weighted by molar-refractivity contribution is -0.384. The Bertz CT molecular complexity index is 441. The van der Waals surface area contributed by atoms with E-state index in [1.165, 1.54) is 12.1 Å². The maximum Gasteiger partial charge on any atom is 0.307 e. The molecule has 0 radical (unpaired) electrons. The van der Waals surface area contributed by atoms with E-state index in [0.29, 0.717) is 12.8 Å². The quantitative estimate of drug-likeness (QED) is 0.587. The van der Waals surface area contributed by atoms with Crippen molar-refractivity contribution in [1.29, 1.82) is 0 Å². The molecule has 0 unspecified atom stereocenters. The molecular formula is C10H9NO4. The summed E-state index contributed by atoms with van der Waals surface area (Å²) in [5.41, 5.74) is 1.73. The van der Waals surface area contributed by atoms with Gasteiger partial charge in [0.25, 0.3) is 5.69 Å². The Morgan fingerprint density at radius 2 is 2.07 bits per heavy atom. The molecule has 0 spiro atoms. The number of nitro groups is 1. The maximum atomic E-state index is 10.8. The summed E-state index contributed by atoms with van der Waals surface area (Å²) in [5.74, 6) is -1.27. The van der Waals surface area contributed by atoms with E-state index < -0.39 is 16.8 Å². The highest BCUT2D eigenvalue weighted by molar-refractivity contribution is 5.72. The third kappa shape index (κ3) is 1.68. The monoisotopic (exact) mass is 207 g/mol. The van der Waals surface area contributed by atoms with E-state index in [4.69, 9.17) is 5.11 Å². The van der Waals surface area contributed by atoms with Gasteiger partial charge in [0.1, 0.15) is 0 Å². The lowest BCUT2D eigenvalue weighted by Crippen LogP contribution is -2.12. The van der Waals surface area contributed by atoms with E-state index in [1.807, 2.05) is 0 Å². The van der Waals surface area contributed by atoms with Crippen LogP contribution in [0.15, 0.2) is 18.2 Å². The highest BCUT2D eigenvalue weighted by Gasteiger charge is 2.28. The van der Waals surface area contributed by atoms with Crippen LogP contribution in [0.25, 0.3) is 0 Å². The highest BCUT2D eigenvalue weighted by atomic mass is 16.6. The first-order chi connectivity index (χ1) is 7.08. The van der Waals surface area contributed by atoms with Gasteiger partial charge in [-0.25, -0.2) is 0 Å². The fourth-order valence-corrected chi connectivity index (χ4v) is 1.89. The van der Waals surface area contributed by atoms with Gasteiger partial charge < -0.3 is 5.11 Å². The van der Waals surface area contributed by atoms with E-state index in [9.17, 15) is 14.9 Å². The highest BCUT2D eigenvalue weighted by Crippen LogP contribution is 2.29. The molecule has 0 bridgehead atoms. The minimum absolute atomic E-state index is 0.0276. The number of non-ortho nitro benzene ring substituents is 1. The Morgan fingerprint density at radius 1 is 1.40 bits per heavy atom. The molecule has 1 aromatic carbocycles. The van der Waals surface area contributed by atoms with Crippen LogP contribution >= 0.6 is 0 Å². The first-order valence-corrected chi connectivity index (χ1v) is 4.57. The number of hydrogen-bond donors (Lipinski definition) is 1. The average Bonchev–Trinajstić information content (AvgIpc) is 2.59. The van der Waals surface area contributed by atoms with Gasteiger partial charge in [0, 0.05) is 12.1 Å². The van der Waals surface area contributed by atoms with Gasteiger partial charge in [-0.2, -0.15) is 0 Å². The molecule has 0 aliphatic heterocycles. The minimum atomic E-state index is -0.839. The summed E-state index contributed by atoms with van der Waals surface area (Å²) in [7, 11) is 0. The first-order valence-electron chi connectivity index (χ1n) is 4.57. The van der Waals surface area contributed by atoms with Crippen molar-refractivity contribution in [3.05, 3.63) is 39.4 Å². The number of benzene rings is 1. The number of carboxylic acid groups (broad SMARTS) is 1. The molecule has 0 amide bonds. The third-order valence-electron chi connectivity index (χ3n) is 2.68. The van der Waals surface area contributed by atoms with Crippen LogP contribution in [-0.2, 0) is 17.6 Å². The minimum Gasteiger partial charge on any atom is -0.481 e. The summed E-state index contributed by atoms with van der Waals surface area (Å²) in [6.45, 7) is 0. The Hall–Kier alpha value is -1.91. The van der Waals surface area contributed by atoms with Crippen molar-refractivity contribution in [3.63, 3.8) is 0 Å². The standard InChI is InChI=1S/C10H9NO4/c12-10(13)8-3-6-1-2-9(11(14)15)5-7(6)4-8/h1-2,5,8H,3-4H2,(H,12,13)/t8-/m1/s1. The fraction of sp³-hybridized carbons (Fsp3) is 0.300. The third-order valence-corrected chi connectivity index (χ3v) is 2.68. The maximum absolute atomic E-state index is 10.8. The number of hydrogen-bond acceptors (Lipinski definition) is 3. The van der Waals surface area contributed by atoms with Crippen molar-refractivity contribution in [2.24, 2.45) is 5.92 Å². The lowest BCUT2D eigenvalue weighted by atomic mass is 10.1. The summed E-state index contributed by atoms with van der Waals surface area (Å²) in [4.78, 5) is 20.8. The molecule has 1 atom stereocenters. The van der Waals surface area contributed by atoms with E-state index in [2.05, 4.69) is 0 Å². The van der Waals surface area contributed by atoms with Crippen molar-refractivity contribution in [1.82, 2.24) is 0 Å². The molecule has 0 saturated heterocycles. The van der Waals surface area contributed by atoms with E-state index in [1.54, 1.807) is 6.07 Å². The van der Waals surface area contributed by atoms with Gasteiger partial charge >= 0.3 is 5.97 Å². The molecule has 15 heavy (non-hydrogen) atoms. The van der Waals surface area contributed by atoms with Crippen molar-refractivity contribution in [3.8, 4) is 0 Å². The summed E-state index contributed by atoms with van der Waals surface area (Å²) >= 11 is 0. The number of carboxylic acids is 1. The molecule has 0 aromatic heterocycles. The van der Waals surface area contributed by atoms with Crippen molar-refractivity contribution in [2.75, 3.05) is 0 Å².